The lowest BCUT2D eigenvalue weighted by molar-refractivity contribution is -0.929. The Balaban J connectivity index is 0.000000432. The first kappa shape index (κ1) is 43.7. The number of nitrogens with zero attached hydrogens (tertiary/aromatic N) is 4. The third kappa shape index (κ3) is 14.3. The minimum Gasteiger partial charge on any atom is -0.724 e. The fourth-order valence-electron chi connectivity index (χ4n) is 6.91. The Morgan fingerprint density at radius 2 is 1.42 bits per heavy atom. The monoisotopic (exact) mass is 731 g/mol. The molecule has 0 aromatic carbocycles. The zero-order valence-electron chi connectivity index (χ0n) is 31.7. The number of hydroxylamine groups is 2. The third-order valence-corrected chi connectivity index (χ3v) is 10.0. The summed E-state index contributed by atoms with van der Waals surface area (Å²) in [6.07, 6.45) is 12.3. The van der Waals surface area contributed by atoms with Crippen LogP contribution in [0, 0.1) is 5.92 Å². The molecule has 3 heterocycles. The first-order chi connectivity index (χ1) is 23.5. The van der Waals surface area contributed by atoms with E-state index in [1.807, 2.05) is 0 Å². The van der Waals surface area contributed by atoms with Crippen LogP contribution < -0.4 is 5.32 Å². The van der Waals surface area contributed by atoms with E-state index in [1.54, 1.807) is 20.8 Å². The third-order valence-electron chi connectivity index (χ3n) is 9.71. The lowest BCUT2D eigenvalue weighted by Crippen LogP contribution is -2.51. The largest absolute Gasteiger partial charge is 0.724 e. The molecule has 3 aliphatic rings. The molecule has 1 N–H and O–H groups in total. The van der Waals surface area contributed by atoms with Crippen molar-refractivity contribution in [1.29, 1.82) is 0 Å². The summed E-state index contributed by atoms with van der Waals surface area (Å²) < 4.78 is 43.6. The van der Waals surface area contributed by atoms with E-state index in [0.29, 0.717) is 24.4 Å². The van der Waals surface area contributed by atoms with E-state index >= 15 is 0 Å². The number of unbranched alkanes of at least 4 members (excludes halogenated alkanes) is 4. The molecule has 0 radical (unpaired) electrons. The van der Waals surface area contributed by atoms with Gasteiger partial charge in [-0.15, -0.1) is 0 Å². The van der Waals surface area contributed by atoms with Crippen molar-refractivity contribution in [2.45, 2.75) is 143 Å². The Morgan fingerprint density at radius 3 is 1.90 bits per heavy atom. The molecule has 3 fully saturated rings. The molecule has 0 unspecified atom stereocenters. The number of ketones is 1. The van der Waals surface area contributed by atoms with Crippen LogP contribution in [0.2, 0.25) is 0 Å². The van der Waals surface area contributed by atoms with Crippen molar-refractivity contribution in [2.24, 2.45) is 5.92 Å². The first-order valence-electron chi connectivity index (χ1n) is 18.9. The summed E-state index contributed by atoms with van der Waals surface area (Å²) in [5.41, 5.74) is -0.646. The van der Waals surface area contributed by atoms with E-state index in [9.17, 15) is 32.1 Å². The summed E-state index contributed by atoms with van der Waals surface area (Å²) in [6, 6.07) is -2.44. The number of likely N-dealkylation sites (tertiary alicyclic amines) is 1. The summed E-state index contributed by atoms with van der Waals surface area (Å²) in [5.74, 6) is -1.23. The number of quaternary nitrogens is 1. The Morgan fingerprint density at radius 1 is 0.880 bits per heavy atom. The molecule has 50 heavy (non-hydrogen) atoms. The molecule has 3 aliphatic heterocycles. The van der Waals surface area contributed by atoms with Gasteiger partial charge in [-0.05, 0) is 72.1 Å². The quantitative estimate of drug-likeness (QED) is 0.116. The van der Waals surface area contributed by atoms with E-state index in [-0.39, 0.29) is 38.3 Å². The second-order valence-electron chi connectivity index (χ2n) is 15.1. The molecule has 0 aromatic rings. The highest BCUT2D eigenvalue weighted by molar-refractivity contribution is 7.80. The fraction of sp³-hybridized carbons (Fsp3) is 0.886. The van der Waals surface area contributed by atoms with Gasteiger partial charge in [-0.3, -0.25) is 9.59 Å². The zero-order valence-corrected chi connectivity index (χ0v) is 32.6. The molecule has 3 rings (SSSR count). The molecule has 290 valence electrons. The number of Topliss-reactive ketones (excluding diaryl/α,β-unsaturated/α-hetero) is 1. The van der Waals surface area contributed by atoms with Crippen molar-refractivity contribution in [2.75, 3.05) is 52.4 Å². The van der Waals surface area contributed by atoms with Crippen LogP contribution in [0.5, 0.6) is 0 Å². The van der Waals surface area contributed by atoms with Crippen LogP contribution in [0.1, 0.15) is 126 Å². The van der Waals surface area contributed by atoms with Gasteiger partial charge in [0, 0.05) is 25.6 Å². The number of amides is 4. The van der Waals surface area contributed by atoms with Crippen molar-refractivity contribution in [3.05, 3.63) is 0 Å². The van der Waals surface area contributed by atoms with Crippen LogP contribution in [0.4, 0.5) is 9.59 Å². The maximum atomic E-state index is 12.7. The lowest BCUT2D eigenvalue weighted by Gasteiger charge is -2.39. The molecule has 4 amide bonds. The highest BCUT2D eigenvalue weighted by atomic mass is 32.3. The standard InChI is InChI=1S/C19H30N4O9S.C16H36N/c1-19(2,3)31-18(27)21-8-4-5-12(10-21)15(24)9-20-16(25)14-7-6-13-11-22(14)17(26)23(13)32-33(28,29)30;1-5-9-13-17(14-10-6-2,15-11-7-3)16-12-8-4/h12-14H,4-11H2,1-3H3,(H,20,25)(H,28,29,30);5-16H2,1-4H3/q;+1/p-1/t12-,13-,14+;/m1./s1. The number of hydrogen-bond donors (Lipinski definition) is 1. The topological polar surface area (TPSA) is 166 Å². The fourth-order valence-corrected chi connectivity index (χ4v) is 7.30. The smallest absolute Gasteiger partial charge is 0.410 e. The SMILES string of the molecule is CC(C)(C)OC(=O)N1CCC[C@@H](C(=O)CNC(=O)[C@@H]2CC[C@@H]3CN2C(=O)N3OS(=O)(=O)[O-])C1.CCCC[N+](CCCC)(CCCC)CCCC. The summed E-state index contributed by atoms with van der Waals surface area (Å²) >= 11 is 0. The molecule has 0 aromatic heterocycles. The number of hydrogen-bond acceptors (Lipinski definition) is 9. The van der Waals surface area contributed by atoms with E-state index in [2.05, 4.69) is 37.3 Å². The van der Waals surface area contributed by atoms with Crippen LogP contribution in [-0.2, 0) is 29.0 Å². The van der Waals surface area contributed by atoms with E-state index < -0.39 is 52.0 Å². The van der Waals surface area contributed by atoms with E-state index in [4.69, 9.17) is 4.74 Å². The highest BCUT2D eigenvalue weighted by Crippen LogP contribution is 2.31. The van der Waals surface area contributed by atoms with Crippen molar-refractivity contribution in [1.82, 2.24) is 20.2 Å². The molecular weight excluding hydrogens is 666 g/mol. The Hall–Kier alpha value is -2.49. The number of urea groups is 1. The zero-order chi connectivity index (χ0) is 37.5. The molecule has 3 saturated heterocycles. The summed E-state index contributed by atoms with van der Waals surface area (Å²) in [4.78, 5) is 52.6. The van der Waals surface area contributed by atoms with Crippen molar-refractivity contribution >= 4 is 34.2 Å². The second-order valence-corrected chi connectivity index (χ2v) is 16.1. The molecule has 0 aliphatic carbocycles. The molecular formula is C35H65N5O9S. The van der Waals surface area contributed by atoms with Gasteiger partial charge in [0.05, 0.1) is 38.8 Å². The van der Waals surface area contributed by atoms with Crippen molar-refractivity contribution in [3.8, 4) is 0 Å². The minimum absolute atomic E-state index is 0.0356. The van der Waals surface area contributed by atoms with E-state index in [0.717, 1.165) is 4.90 Å². The lowest BCUT2D eigenvalue weighted by atomic mass is 9.93. The van der Waals surface area contributed by atoms with Crippen LogP contribution in [0.3, 0.4) is 0 Å². The Kier molecular flexibility index (Phi) is 17.9. The van der Waals surface area contributed by atoms with Gasteiger partial charge in [-0.1, -0.05) is 53.4 Å². The number of carbonyl (C=O) groups is 4. The maximum absolute atomic E-state index is 12.7. The average Bonchev–Trinajstić information content (AvgIpc) is 3.29. The highest BCUT2D eigenvalue weighted by Gasteiger charge is 2.48. The number of carbonyl (C=O) groups excluding carboxylic acids is 4. The van der Waals surface area contributed by atoms with Gasteiger partial charge >= 0.3 is 12.1 Å². The minimum atomic E-state index is -5.13. The summed E-state index contributed by atoms with van der Waals surface area (Å²) in [7, 11) is -5.13. The normalized spacial score (nSPS) is 21.1. The number of nitrogens with one attached hydrogen (secondary N) is 1. The number of rotatable bonds is 18. The van der Waals surface area contributed by atoms with Crippen LogP contribution >= 0.6 is 0 Å². The van der Waals surface area contributed by atoms with Crippen LogP contribution in [0.15, 0.2) is 0 Å². The second kappa shape index (κ2) is 20.5. The molecule has 0 spiro atoms. The number of fused-ring (bicyclic) bond motifs is 2. The summed E-state index contributed by atoms with van der Waals surface area (Å²) in [6.45, 7) is 20.8. The van der Waals surface area contributed by atoms with Crippen molar-refractivity contribution in [3.63, 3.8) is 0 Å². The van der Waals surface area contributed by atoms with Gasteiger partial charge in [-0.2, -0.15) is 9.35 Å². The molecule has 15 heteroatoms. The molecule has 14 nitrogen and oxygen atoms in total. The van der Waals surface area contributed by atoms with Crippen LogP contribution in [0.25, 0.3) is 0 Å². The maximum Gasteiger partial charge on any atom is 0.410 e. The first-order valence-corrected chi connectivity index (χ1v) is 20.2. The van der Waals surface area contributed by atoms with Crippen LogP contribution in [-0.4, -0.2) is 126 Å². The summed E-state index contributed by atoms with van der Waals surface area (Å²) in [5, 5.41) is 3.04. The van der Waals surface area contributed by atoms with E-state index in [1.165, 1.54) is 86.9 Å². The van der Waals surface area contributed by atoms with Gasteiger partial charge in [0.25, 0.3) is 0 Å². The predicted octanol–water partition coefficient (Wildman–Crippen LogP) is 4.98. The Bertz CT molecular complexity index is 1170. The number of piperidine rings is 2. The number of ether oxygens (including phenoxy) is 1. The molecule has 2 bridgehead atoms. The van der Waals surface area contributed by atoms with Gasteiger partial charge in [0.15, 0.2) is 5.78 Å². The van der Waals surface area contributed by atoms with Gasteiger partial charge in [0.2, 0.25) is 16.3 Å². The van der Waals surface area contributed by atoms with Crippen molar-refractivity contribution < 1.29 is 45.7 Å². The van der Waals surface area contributed by atoms with Gasteiger partial charge in [0.1, 0.15) is 11.6 Å². The van der Waals surface area contributed by atoms with Gasteiger partial charge < -0.3 is 28.9 Å². The molecule has 0 saturated carbocycles. The predicted molar refractivity (Wildman–Crippen MR) is 189 cm³/mol. The van der Waals surface area contributed by atoms with Gasteiger partial charge in [-0.25, -0.2) is 18.0 Å². The molecule has 3 atom stereocenters. The Labute approximate surface area is 301 Å². The average molecular weight is 732 g/mol.